The van der Waals surface area contributed by atoms with Crippen LogP contribution >= 0.6 is 12.2 Å². The number of aryl methyl sites for hydroxylation is 1. The van der Waals surface area contributed by atoms with Gasteiger partial charge in [-0.25, -0.2) is 13.4 Å². The highest BCUT2D eigenvalue weighted by atomic mass is 32.2. The van der Waals surface area contributed by atoms with Gasteiger partial charge in [0.05, 0.1) is 10.3 Å². The van der Waals surface area contributed by atoms with E-state index in [9.17, 15) is 8.42 Å². The Bertz CT molecular complexity index is 785. The minimum Gasteiger partial charge on any atom is -0.329 e. The molecule has 2 rings (SSSR count). The normalized spacial score (nSPS) is 13.1. The molecule has 19 heavy (non-hydrogen) atoms. The fraction of sp³-hybridized carbons (Fsp3) is 0.500. The van der Waals surface area contributed by atoms with E-state index in [0.29, 0.717) is 10.4 Å². The molecule has 0 bridgehead atoms. The molecule has 0 fully saturated rings. The number of pyridine rings is 1. The van der Waals surface area contributed by atoms with Gasteiger partial charge in [-0.2, -0.15) is 0 Å². The van der Waals surface area contributed by atoms with E-state index < -0.39 is 14.6 Å². The Kier molecular flexibility index (Phi) is 3.30. The monoisotopic (exact) mass is 299 g/mol. The number of hydrogen-bond donors (Lipinski definition) is 1. The first-order valence-corrected chi connectivity index (χ1v) is 8.17. The number of H-pyrrole nitrogens is 1. The fourth-order valence-electron chi connectivity index (χ4n) is 1.82. The molecule has 0 aliphatic carbocycles. The highest BCUT2D eigenvalue weighted by Gasteiger charge is 2.31. The summed E-state index contributed by atoms with van der Waals surface area (Å²) in [5, 5.41) is 0. The van der Waals surface area contributed by atoms with Crippen LogP contribution in [0.5, 0.6) is 0 Å². The summed E-state index contributed by atoms with van der Waals surface area (Å²) < 4.78 is 25.0. The standard InChI is InChI=1S/C12H17N3O2S2/c1-8-5-6-13-10-9(8)14-11(18)15(10)7-12(2,3)19(4,16)17/h5-6H,7H2,1-4H3,(H,14,18). The van der Waals surface area contributed by atoms with Gasteiger partial charge in [-0.05, 0) is 44.6 Å². The molecule has 7 heteroatoms. The van der Waals surface area contributed by atoms with Gasteiger partial charge in [-0.15, -0.1) is 0 Å². The second-order valence-corrected chi connectivity index (χ2v) is 8.41. The highest BCUT2D eigenvalue weighted by molar-refractivity contribution is 7.92. The molecule has 0 atom stereocenters. The Morgan fingerprint density at radius 2 is 2.11 bits per heavy atom. The predicted molar refractivity (Wildman–Crippen MR) is 78.6 cm³/mol. The number of aromatic nitrogens is 3. The first-order valence-electron chi connectivity index (χ1n) is 5.87. The quantitative estimate of drug-likeness (QED) is 0.883. The minimum absolute atomic E-state index is 0.279. The molecule has 0 radical (unpaired) electrons. The first kappa shape index (κ1) is 14.2. The smallest absolute Gasteiger partial charge is 0.179 e. The minimum atomic E-state index is -3.18. The van der Waals surface area contributed by atoms with Crippen molar-refractivity contribution in [3.8, 4) is 0 Å². The molecular weight excluding hydrogens is 282 g/mol. The molecule has 0 saturated heterocycles. The predicted octanol–water partition coefficient (Wildman–Crippen LogP) is 2.23. The zero-order valence-electron chi connectivity index (χ0n) is 11.4. The van der Waals surface area contributed by atoms with E-state index >= 15 is 0 Å². The van der Waals surface area contributed by atoms with Crippen molar-refractivity contribution in [1.29, 1.82) is 0 Å². The second kappa shape index (κ2) is 4.42. The molecule has 2 heterocycles. The maximum atomic E-state index is 11.8. The summed E-state index contributed by atoms with van der Waals surface area (Å²) in [5.74, 6) is 0. The summed E-state index contributed by atoms with van der Waals surface area (Å²) in [6.45, 7) is 5.62. The molecule has 5 nitrogen and oxygen atoms in total. The molecule has 0 aromatic carbocycles. The van der Waals surface area contributed by atoms with Crippen LogP contribution in [0, 0.1) is 11.7 Å². The molecule has 2 aromatic rings. The number of sulfone groups is 1. The summed E-state index contributed by atoms with van der Waals surface area (Å²) in [6.07, 6.45) is 2.94. The third-order valence-corrected chi connectivity index (χ3v) is 5.87. The van der Waals surface area contributed by atoms with Crippen LogP contribution in [0.2, 0.25) is 0 Å². The summed E-state index contributed by atoms with van der Waals surface area (Å²) in [7, 11) is -3.18. The lowest BCUT2D eigenvalue weighted by Gasteiger charge is -2.23. The van der Waals surface area contributed by atoms with E-state index in [2.05, 4.69) is 9.97 Å². The van der Waals surface area contributed by atoms with Crippen LogP contribution in [0.1, 0.15) is 19.4 Å². The zero-order chi connectivity index (χ0) is 14.4. The fourth-order valence-corrected chi connectivity index (χ4v) is 2.44. The third kappa shape index (κ3) is 2.44. The second-order valence-electron chi connectivity index (χ2n) is 5.37. The lowest BCUT2D eigenvalue weighted by molar-refractivity contribution is 0.505. The largest absolute Gasteiger partial charge is 0.329 e. The van der Waals surface area contributed by atoms with Gasteiger partial charge in [0, 0.05) is 19.0 Å². The first-order chi connectivity index (χ1) is 8.63. The molecule has 0 unspecified atom stereocenters. The summed E-state index contributed by atoms with van der Waals surface area (Å²) in [6, 6.07) is 1.89. The van der Waals surface area contributed by atoms with E-state index in [-0.39, 0.29) is 6.54 Å². The Hall–Kier alpha value is -1.21. The van der Waals surface area contributed by atoms with Crippen molar-refractivity contribution < 1.29 is 8.42 Å². The summed E-state index contributed by atoms with van der Waals surface area (Å²) in [5.41, 5.74) is 2.59. The molecule has 0 aliphatic rings. The van der Waals surface area contributed by atoms with Gasteiger partial charge in [-0.1, -0.05) is 0 Å². The number of fused-ring (bicyclic) bond motifs is 1. The van der Waals surface area contributed by atoms with Gasteiger partial charge in [0.2, 0.25) is 0 Å². The van der Waals surface area contributed by atoms with Crippen molar-refractivity contribution in [2.24, 2.45) is 0 Å². The van der Waals surface area contributed by atoms with E-state index in [0.717, 1.165) is 11.1 Å². The van der Waals surface area contributed by atoms with Crippen molar-refractivity contribution in [2.45, 2.75) is 32.1 Å². The lowest BCUT2D eigenvalue weighted by Crippen LogP contribution is -2.35. The molecule has 0 amide bonds. The van der Waals surface area contributed by atoms with E-state index in [4.69, 9.17) is 12.2 Å². The Labute approximate surface area is 117 Å². The number of rotatable bonds is 3. The van der Waals surface area contributed by atoms with Crippen LogP contribution in [0.4, 0.5) is 0 Å². The lowest BCUT2D eigenvalue weighted by atomic mass is 10.2. The maximum Gasteiger partial charge on any atom is 0.179 e. The molecule has 104 valence electrons. The van der Waals surface area contributed by atoms with Gasteiger partial charge < -0.3 is 4.98 Å². The highest BCUT2D eigenvalue weighted by Crippen LogP contribution is 2.22. The van der Waals surface area contributed by atoms with E-state index in [1.165, 1.54) is 6.26 Å². The Balaban J connectivity index is 2.62. The zero-order valence-corrected chi connectivity index (χ0v) is 13.0. The SMILES string of the molecule is Cc1ccnc2c1[nH]c(=S)n2CC(C)(C)S(C)(=O)=O. The molecule has 0 aliphatic heterocycles. The van der Waals surface area contributed by atoms with Gasteiger partial charge in [0.25, 0.3) is 0 Å². The third-order valence-electron chi connectivity index (χ3n) is 3.41. The number of nitrogens with one attached hydrogen (secondary N) is 1. The van der Waals surface area contributed by atoms with Gasteiger partial charge in [0.1, 0.15) is 0 Å². The van der Waals surface area contributed by atoms with Crippen LogP contribution in [0.15, 0.2) is 12.3 Å². The van der Waals surface area contributed by atoms with Gasteiger partial charge >= 0.3 is 0 Å². The Morgan fingerprint density at radius 1 is 1.47 bits per heavy atom. The van der Waals surface area contributed by atoms with Crippen LogP contribution in [-0.2, 0) is 16.4 Å². The van der Waals surface area contributed by atoms with Crippen LogP contribution in [0.25, 0.3) is 11.2 Å². The van der Waals surface area contributed by atoms with Crippen molar-refractivity contribution in [3.05, 3.63) is 22.6 Å². The van der Waals surface area contributed by atoms with Crippen LogP contribution < -0.4 is 0 Å². The molecule has 0 saturated carbocycles. The summed E-state index contributed by atoms with van der Waals surface area (Å²) >= 11 is 5.28. The Morgan fingerprint density at radius 3 is 2.68 bits per heavy atom. The van der Waals surface area contributed by atoms with Gasteiger partial charge in [-0.3, -0.25) is 4.57 Å². The molecule has 1 N–H and O–H groups in total. The van der Waals surface area contributed by atoms with E-state index in [1.54, 1.807) is 24.6 Å². The molecule has 2 aromatic heterocycles. The molecule has 0 spiro atoms. The van der Waals surface area contributed by atoms with Gasteiger partial charge in [0.15, 0.2) is 20.3 Å². The van der Waals surface area contributed by atoms with Crippen LogP contribution in [0.3, 0.4) is 0 Å². The van der Waals surface area contributed by atoms with Crippen molar-refractivity contribution >= 4 is 33.2 Å². The average Bonchev–Trinajstić information content (AvgIpc) is 2.56. The number of nitrogens with zero attached hydrogens (tertiary/aromatic N) is 2. The summed E-state index contributed by atoms with van der Waals surface area (Å²) in [4.78, 5) is 7.39. The average molecular weight is 299 g/mol. The number of imidazole rings is 1. The molecular formula is C12H17N3O2S2. The number of hydrogen-bond acceptors (Lipinski definition) is 4. The number of aromatic amines is 1. The maximum absolute atomic E-state index is 11.8. The van der Waals surface area contributed by atoms with Crippen molar-refractivity contribution in [2.75, 3.05) is 6.26 Å². The van der Waals surface area contributed by atoms with E-state index in [1.807, 2.05) is 13.0 Å². The topological polar surface area (TPSA) is 67.8 Å². The van der Waals surface area contributed by atoms with Crippen LogP contribution in [-0.4, -0.2) is 34.0 Å². The van der Waals surface area contributed by atoms with Crippen molar-refractivity contribution in [3.63, 3.8) is 0 Å². The van der Waals surface area contributed by atoms with Crippen molar-refractivity contribution in [1.82, 2.24) is 14.5 Å².